The summed E-state index contributed by atoms with van der Waals surface area (Å²) >= 11 is 0. The van der Waals surface area contributed by atoms with Crippen LogP contribution in [0.3, 0.4) is 0 Å². The lowest BCUT2D eigenvalue weighted by Crippen LogP contribution is -2.42. The molecule has 1 aromatic heterocycles. The number of rotatable bonds is 5. The number of aryl methyl sites for hydroxylation is 1. The van der Waals surface area contributed by atoms with Gasteiger partial charge >= 0.3 is 0 Å². The highest BCUT2D eigenvalue weighted by Crippen LogP contribution is 2.28. The van der Waals surface area contributed by atoms with Gasteiger partial charge in [0.15, 0.2) is 5.69 Å². The van der Waals surface area contributed by atoms with E-state index in [1.165, 1.54) is 19.3 Å². The van der Waals surface area contributed by atoms with E-state index in [9.17, 15) is 9.90 Å². The number of nitrogens with zero attached hydrogens (tertiary/aromatic N) is 1. The van der Waals surface area contributed by atoms with E-state index in [0.717, 1.165) is 43.4 Å². The van der Waals surface area contributed by atoms with Crippen LogP contribution in [-0.4, -0.2) is 33.9 Å². The number of carbonyl (C=O) groups excluding carboxylic acids is 1. The van der Waals surface area contributed by atoms with Crippen LogP contribution < -0.4 is 5.32 Å². The van der Waals surface area contributed by atoms with E-state index < -0.39 is 0 Å². The van der Waals surface area contributed by atoms with Crippen molar-refractivity contribution in [1.82, 2.24) is 15.5 Å². The minimum Gasteiger partial charge on any atom is -0.396 e. The molecule has 2 aliphatic carbocycles. The Morgan fingerprint density at radius 2 is 2.10 bits per heavy atom. The molecule has 5 heteroatoms. The van der Waals surface area contributed by atoms with E-state index in [1.807, 2.05) is 0 Å². The van der Waals surface area contributed by atoms with Crippen molar-refractivity contribution in [1.29, 1.82) is 0 Å². The van der Waals surface area contributed by atoms with E-state index in [0.29, 0.717) is 18.0 Å². The molecule has 1 heterocycles. The average molecular weight is 291 g/mol. The van der Waals surface area contributed by atoms with E-state index >= 15 is 0 Å². The molecular formula is C16H25N3O2. The second-order valence-electron chi connectivity index (χ2n) is 6.37. The maximum Gasteiger partial charge on any atom is 0.272 e. The molecule has 3 N–H and O–H groups in total. The molecule has 0 spiro atoms. The molecule has 1 atom stereocenters. The molecule has 1 saturated carbocycles. The third kappa shape index (κ3) is 3.12. The van der Waals surface area contributed by atoms with Crippen molar-refractivity contribution in [2.24, 2.45) is 5.92 Å². The molecule has 3 rings (SSSR count). The van der Waals surface area contributed by atoms with Gasteiger partial charge in [0, 0.05) is 23.9 Å². The lowest BCUT2D eigenvalue weighted by atomic mass is 9.82. The van der Waals surface area contributed by atoms with Gasteiger partial charge in [0.05, 0.1) is 0 Å². The molecule has 21 heavy (non-hydrogen) atoms. The summed E-state index contributed by atoms with van der Waals surface area (Å²) in [5, 5.41) is 19.6. The minimum atomic E-state index is -0.0709. The van der Waals surface area contributed by atoms with Crippen molar-refractivity contribution < 1.29 is 9.90 Å². The zero-order valence-electron chi connectivity index (χ0n) is 12.5. The van der Waals surface area contributed by atoms with Crippen LogP contribution in [0.1, 0.15) is 66.7 Å². The number of aromatic nitrogens is 2. The summed E-state index contributed by atoms with van der Waals surface area (Å²) in [5.74, 6) is 0.431. The Morgan fingerprint density at radius 1 is 1.29 bits per heavy atom. The number of carbonyl (C=O) groups is 1. The molecule has 1 fully saturated rings. The molecular weight excluding hydrogens is 266 g/mol. The van der Waals surface area contributed by atoms with Gasteiger partial charge in [-0.1, -0.05) is 19.3 Å². The fourth-order valence-electron chi connectivity index (χ4n) is 3.85. The van der Waals surface area contributed by atoms with Gasteiger partial charge in [0.25, 0.3) is 5.91 Å². The van der Waals surface area contributed by atoms with Gasteiger partial charge in [-0.25, -0.2) is 0 Å². The summed E-state index contributed by atoms with van der Waals surface area (Å²) in [6, 6.07) is 0.0801. The Bertz CT molecular complexity index is 492. The fraction of sp³-hybridized carbons (Fsp3) is 0.750. The minimum absolute atomic E-state index is 0.0709. The van der Waals surface area contributed by atoms with Crippen LogP contribution in [0.5, 0.6) is 0 Å². The standard InChI is InChI=1S/C16H25N3O2/c20-10-9-13(11-5-2-1-3-6-11)17-16(21)15-12-7-4-8-14(12)18-19-15/h11,13,20H,1-10H2,(H,17,21)(H,18,19). The Balaban J connectivity index is 1.68. The predicted octanol–water partition coefficient (Wildman–Crippen LogP) is 1.96. The molecule has 0 saturated heterocycles. The number of hydrogen-bond acceptors (Lipinski definition) is 3. The third-order valence-corrected chi connectivity index (χ3v) is 5.00. The van der Waals surface area contributed by atoms with Gasteiger partial charge in [-0.3, -0.25) is 9.89 Å². The first kappa shape index (κ1) is 14.6. The monoisotopic (exact) mass is 291 g/mol. The van der Waals surface area contributed by atoms with Crippen molar-refractivity contribution >= 4 is 5.91 Å². The zero-order valence-corrected chi connectivity index (χ0v) is 12.5. The number of aromatic amines is 1. The number of fused-ring (bicyclic) bond motifs is 1. The molecule has 0 bridgehead atoms. The summed E-state index contributed by atoms with van der Waals surface area (Å²) in [6.07, 6.45) is 9.77. The zero-order chi connectivity index (χ0) is 14.7. The number of H-pyrrole nitrogens is 1. The number of aliphatic hydroxyl groups excluding tert-OH is 1. The van der Waals surface area contributed by atoms with Gasteiger partial charge in [0.1, 0.15) is 0 Å². The lowest BCUT2D eigenvalue weighted by Gasteiger charge is -2.30. The molecule has 0 aliphatic heterocycles. The van der Waals surface area contributed by atoms with Crippen LogP contribution >= 0.6 is 0 Å². The van der Waals surface area contributed by atoms with E-state index in [4.69, 9.17) is 0 Å². The van der Waals surface area contributed by atoms with Crippen molar-refractivity contribution in [3.05, 3.63) is 17.0 Å². The summed E-state index contributed by atoms with van der Waals surface area (Å²) in [7, 11) is 0. The number of aliphatic hydroxyl groups is 1. The highest BCUT2D eigenvalue weighted by atomic mass is 16.3. The van der Waals surface area contributed by atoms with Crippen LogP contribution in [0.4, 0.5) is 0 Å². The summed E-state index contributed by atoms with van der Waals surface area (Å²) < 4.78 is 0. The molecule has 2 aliphatic rings. The van der Waals surface area contributed by atoms with Gasteiger partial charge < -0.3 is 10.4 Å². The summed E-state index contributed by atoms with van der Waals surface area (Å²) in [5.41, 5.74) is 2.79. The van der Waals surface area contributed by atoms with Crippen LogP contribution in [0, 0.1) is 5.92 Å². The predicted molar refractivity (Wildman–Crippen MR) is 80.1 cm³/mol. The molecule has 1 aromatic rings. The van der Waals surface area contributed by atoms with Gasteiger partial charge in [0.2, 0.25) is 0 Å². The number of nitrogens with one attached hydrogen (secondary N) is 2. The van der Waals surface area contributed by atoms with Gasteiger partial charge in [-0.15, -0.1) is 0 Å². The fourth-order valence-corrected chi connectivity index (χ4v) is 3.85. The maximum atomic E-state index is 12.5. The first-order valence-corrected chi connectivity index (χ1v) is 8.27. The molecule has 0 radical (unpaired) electrons. The van der Waals surface area contributed by atoms with Crippen LogP contribution in [0.25, 0.3) is 0 Å². The molecule has 0 aromatic carbocycles. The van der Waals surface area contributed by atoms with E-state index in [1.54, 1.807) is 0 Å². The highest BCUT2D eigenvalue weighted by Gasteiger charge is 2.28. The maximum absolute atomic E-state index is 12.5. The van der Waals surface area contributed by atoms with Crippen LogP contribution in [0.2, 0.25) is 0 Å². The normalized spacial score (nSPS) is 20.2. The number of hydrogen-bond donors (Lipinski definition) is 3. The summed E-state index contributed by atoms with van der Waals surface area (Å²) in [4.78, 5) is 12.5. The largest absolute Gasteiger partial charge is 0.396 e. The second-order valence-corrected chi connectivity index (χ2v) is 6.37. The molecule has 1 unspecified atom stereocenters. The van der Waals surface area contributed by atoms with Gasteiger partial charge in [-0.05, 0) is 44.4 Å². The van der Waals surface area contributed by atoms with Crippen molar-refractivity contribution in [3.63, 3.8) is 0 Å². The van der Waals surface area contributed by atoms with Crippen LogP contribution in [-0.2, 0) is 12.8 Å². The average Bonchev–Trinajstić information content (AvgIpc) is 3.10. The Hall–Kier alpha value is -1.36. The first-order chi connectivity index (χ1) is 10.3. The van der Waals surface area contributed by atoms with Crippen molar-refractivity contribution in [3.8, 4) is 0 Å². The van der Waals surface area contributed by atoms with Crippen LogP contribution in [0.15, 0.2) is 0 Å². The molecule has 1 amide bonds. The van der Waals surface area contributed by atoms with Gasteiger partial charge in [-0.2, -0.15) is 5.10 Å². The second kappa shape index (κ2) is 6.60. The third-order valence-electron chi connectivity index (χ3n) is 5.00. The van der Waals surface area contributed by atoms with Crippen molar-refractivity contribution in [2.45, 2.75) is 63.8 Å². The Kier molecular flexibility index (Phi) is 4.58. The summed E-state index contributed by atoms with van der Waals surface area (Å²) in [6.45, 7) is 0.125. The topological polar surface area (TPSA) is 78.0 Å². The van der Waals surface area contributed by atoms with E-state index in [2.05, 4.69) is 15.5 Å². The number of amides is 1. The lowest BCUT2D eigenvalue weighted by molar-refractivity contribution is 0.0893. The molecule has 116 valence electrons. The Labute approximate surface area is 125 Å². The van der Waals surface area contributed by atoms with Crippen molar-refractivity contribution in [2.75, 3.05) is 6.61 Å². The highest BCUT2D eigenvalue weighted by molar-refractivity contribution is 5.94. The smallest absolute Gasteiger partial charge is 0.272 e. The first-order valence-electron chi connectivity index (χ1n) is 8.27. The Morgan fingerprint density at radius 3 is 2.86 bits per heavy atom. The SMILES string of the molecule is O=C(NC(CCO)C1CCCCC1)c1n[nH]c2c1CCC2. The molecule has 5 nitrogen and oxygen atoms in total. The quantitative estimate of drug-likeness (QED) is 0.776. The van der Waals surface area contributed by atoms with E-state index in [-0.39, 0.29) is 18.6 Å².